The van der Waals surface area contributed by atoms with Crippen LogP contribution in [0.2, 0.25) is 0 Å². The highest BCUT2D eigenvalue weighted by atomic mass is 31.2. The lowest BCUT2D eigenvalue weighted by Gasteiger charge is -2.13. The van der Waals surface area contributed by atoms with Crippen molar-refractivity contribution in [3.05, 3.63) is 35.7 Å². The molecule has 76 valence electrons. The van der Waals surface area contributed by atoms with Gasteiger partial charge >= 0.3 is 7.60 Å². The summed E-state index contributed by atoms with van der Waals surface area (Å²) in [5.74, 6) is 0.703. The number of aliphatic hydroxyl groups is 1. The Morgan fingerprint density at radius 3 is 2.71 bits per heavy atom. The Balaban J connectivity index is 2.85. The highest BCUT2D eigenvalue weighted by Gasteiger charge is 2.16. The zero-order chi connectivity index (χ0) is 10.8. The van der Waals surface area contributed by atoms with Gasteiger partial charge in [0.05, 0.1) is 5.71 Å². The largest absolute Gasteiger partial charge is 0.382 e. The molecule has 0 aromatic carbocycles. The molecule has 6 heteroatoms. The summed E-state index contributed by atoms with van der Waals surface area (Å²) in [6.45, 7) is 0. The van der Waals surface area contributed by atoms with Crippen LogP contribution < -0.4 is 0 Å². The molecule has 1 atom stereocenters. The third-order valence-electron chi connectivity index (χ3n) is 1.64. The van der Waals surface area contributed by atoms with Crippen LogP contribution in [0, 0.1) is 5.41 Å². The first kappa shape index (κ1) is 11.1. The first-order valence-electron chi connectivity index (χ1n) is 3.79. The highest BCUT2D eigenvalue weighted by molar-refractivity contribution is 7.55. The maximum atomic E-state index is 10.5. The predicted molar refractivity (Wildman–Crippen MR) is 52.1 cm³/mol. The van der Waals surface area contributed by atoms with Gasteiger partial charge in [0.25, 0.3) is 0 Å². The lowest BCUT2D eigenvalue weighted by Crippen LogP contribution is -2.21. The Bertz CT molecular complexity index is 377. The van der Waals surface area contributed by atoms with E-state index in [4.69, 9.17) is 15.2 Å². The molecule has 0 saturated carbocycles. The maximum Gasteiger partial charge on any atom is 0.349 e. The molecule has 0 amide bonds. The molecule has 0 aromatic heterocycles. The Morgan fingerprint density at radius 1 is 1.50 bits per heavy atom. The van der Waals surface area contributed by atoms with Crippen molar-refractivity contribution in [1.82, 2.24) is 0 Å². The van der Waals surface area contributed by atoms with Crippen molar-refractivity contribution in [3.63, 3.8) is 0 Å². The summed E-state index contributed by atoms with van der Waals surface area (Å²) < 4.78 is 10.5. The van der Waals surface area contributed by atoms with Gasteiger partial charge in [-0.2, -0.15) is 0 Å². The fraction of sp³-hybridized carbons (Fsp3) is 0.125. The minimum absolute atomic E-state index is 0.00198. The number of hydrogen-bond donors (Lipinski definition) is 4. The molecule has 1 rings (SSSR count). The summed E-state index contributed by atoms with van der Waals surface area (Å²) in [6, 6.07) is 0. The van der Waals surface area contributed by atoms with Crippen molar-refractivity contribution in [2.45, 2.75) is 6.10 Å². The molecule has 0 aromatic rings. The van der Waals surface area contributed by atoms with Gasteiger partial charge in [-0.05, 0) is 17.7 Å². The van der Waals surface area contributed by atoms with Crippen molar-refractivity contribution in [3.8, 4) is 0 Å². The van der Waals surface area contributed by atoms with Crippen molar-refractivity contribution in [1.29, 1.82) is 5.41 Å². The molecule has 1 aliphatic rings. The second kappa shape index (κ2) is 4.02. The van der Waals surface area contributed by atoms with Gasteiger partial charge < -0.3 is 20.3 Å². The zero-order valence-electron chi connectivity index (χ0n) is 7.16. The van der Waals surface area contributed by atoms with Crippen molar-refractivity contribution >= 4 is 13.3 Å². The molecule has 0 aliphatic heterocycles. The fourth-order valence-electron chi connectivity index (χ4n) is 0.955. The molecule has 4 N–H and O–H groups in total. The van der Waals surface area contributed by atoms with E-state index >= 15 is 0 Å². The minimum Gasteiger partial charge on any atom is -0.382 e. The SMILES string of the molecule is N=C1C=CC=C(C=CP(=O)(O)O)C1O. The highest BCUT2D eigenvalue weighted by Crippen LogP contribution is 2.36. The van der Waals surface area contributed by atoms with Gasteiger partial charge in [-0.3, -0.25) is 4.57 Å². The van der Waals surface area contributed by atoms with E-state index in [0.29, 0.717) is 11.4 Å². The van der Waals surface area contributed by atoms with E-state index in [0.717, 1.165) is 6.08 Å². The molecule has 14 heavy (non-hydrogen) atoms. The average molecular weight is 215 g/mol. The quantitative estimate of drug-likeness (QED) is 0.505. The maximum absolute atomic E-state index is 10.5. The normalized spacial score (nSPS) is 22.9. The van der Waals surface area contributed by atoms with E-state index in [1.165, 1.54) is 18.2 Å². The molecule has 0 bridgehead atoms. The fourth-order valence-corrected chi connectivity index (χ4v) is 1.32. The van der Waals surface area contributed by atoms with E-state index in [1.54, 1.807) is 0 Å². The van der Waals surface area contributed by atoms with Crippen molar-refractivity contribution in [2.75, 3.05) is 0 Å². The monoisotopic (exact) mass is 215 g/mol. The van der Waals surface area contributed by atoms with Crippen LogP contribution in [0.25, 0.3) is 0 Å². The standard InChI is InChI=1S/C8H10NO4P/c9-7-3-1-2-6(8(7)10)4-5-14(11,12)13/h1-5,8-10H,(H2,11,12,13). The van der Waals surface area contributed by atoms with Crippen LogP contribution in [0.3, 0.4) is 0 Å². The van der Waals surface area contributed by atoms with E-state index < -0.39 is 13.7 Å². The van der Waals surface area contributed by atoms with Crippen LogP contribution in [0.15, 0.2) is 35.7 Å². The summed E-state index contributed by atoms with van der Waals surface area (Å²) in [5, 5.41) is 16.6. The van der Waals surface area contributed by atoms with E-state index in [2.05, 4.69) is 0 Å². The van der Waals surface area contributed by atoms with Crippen molar-refractivity contribution < 1.29 is 19.5 Å². The lowest BCUT2D eigenvalue weighted by molar-refractivity contribution is 0.280. The predicted octanol–water partition coefficient (Wildman–Crippen LogP) is 0.555. The second-order valence-corrected chi connectivity index (χ2v) is 4.26. The molecule has 1 aliphatic carbocycles. The zero-order valence-corrected chi connectivity index (χ0v) is 8.06. The number of nitrogens with one attached hydrogen (secondary N) is 1. The Labute approximate surface area is 80.8 Å². The molecular formula is C8H10NO4P. The van der Waals surface area contributed by atoms with E-state index in [-0.39, 0.29) is 5.71 Å². The summed E-state index contributed by atoms with van der Waals surface area (Å²) in [7, 11) is -4.21. The van der Waals surface area contributed by atoms with Crippen LogP contribution in [0.1, 0.15) is 0 Å². The minimum atomic E-state index is -4.21. The lowest BCUT2D eigenvalue weighted by atomic mass is 10.0. The molecule has 5 nitrogen and oxygen atoms in total. The van der Waals surface area contributed by atoms with Gasteiger partial charge in [0.1, 0.15) is 6.10 Å². The van der Waals surface area contributed by atoms with Gasteiger partial charge in [0.15, 0.2) is 0 Å². The number of aliphatic hydroxyl groups excluding tert-OH is 1. The molecule has 1 unspecified atom stereocenters. The molecule has 0 radical (unpaired) electrons. The third-order valence-corrected chi connectivity index (χ3v) is 2.17. The van der Waals surface area contributed by atoms with Crippen molar-refractivity contribution in [2.24, 2.45) is 0 Å². The summed E-state index contributed by atoms with van der Waals surface area (Å²) in [4.78, 5) is 17.1. The van der Waals surface area contributed by atoms with Crippen LogP contribution >= 0.6 is 7.60 Å². The summed E-state index contributed by atoms with van der Waals surface area (Å²) in [6.07, 6.45) is 4.47. The average Bonchev–Trinajstić information content (AvgIpc) is 2.06. The molecule has 0 heterocycles. The molecule has 0 fully saturated rings. The molecular weight excluding hydrogens is 205 g/mol. The van der Waals surface area contributed by atoms with Gasteiger partial charge in [-0.25, -0.2) is 0 Å². The number of hydrogen-bond acceptors (Lipinski definition) is 3. The van der Waals surface area contributed by atoms with Gasteiger partial charge in [0, 0.05) is 5.82 Å². The van der Waals surface area contributed by atoms with E-state index in [9.17, 15) is 9.67 Å². The molecule has 0 spiro atoms. The van der Waals surface area contributed by atoms with Gasteiger partial charge in [-0.15, -0.1) is 0 Å². The Kier molecular flexibility index (Phi) is 3.18. The smallest absolute Gasteiger partial charge is 0.349 e. The Hall–Kier alpha value is -1.00. The Morgan fingerprint density at radius 2 is 2.14 bits per heavy atom. The van der Waals surface area contributed by atoms with Crippen LogP contribution in [0.4, 0.5) is 0 Å². The summed E-state index contributed by atoms with van der Waals surface area (Å²) in [5.41, 5.74) is 0.290. The van der Waals surface area contributed by atoms with E-state index in [1.807, 2.05) is 0 Å². The first-order chi connectivity index (χ1) is 6.40. The topological polar surface area (TPSA) is 102 Å². The number of rotatable bonds is 2. The number of allylic oxidation sites excluding steroid dienone is 2. The van der Waals surface area contributed by atoms with Crippen LogP contribution in [-0.2, 0) is 4.57 Å². The third kappa shape index (κ3) is 3.05. The molecule has 0 saturated heterocycles. The van der Waals surface area contributed by atoms with Gasteiger partial charge in [-0.1, -0.05) is 12.2 Å². The van der Waals surface area contributed by atoms with Crippen LogP contribution in [0.5, 0.6) is 0 Å². The van der Waals surface area contributed by atoms with Crippen LogP contribution in [-0.4, -0.2) is 26.7 Å². The van der Waals surface area contributed by atoms with Gasteiger partial charge in [0.2, 0.25) is 0 Å². The summed E-state index contributed by atoms with van der Waals surface area (Å²) >= 11 is 0. The first-order valence-corrected chi connectivity index (χ1v) is 5.47. The second-order valence-electron chi connectivity index (χ2n) is 2.79.